The van der Waals surface area contributed by atoms with Crippen molar-refractivity contribution in [3.05, 3.63) is 27.7 Å². The first-order valence-corrected chi connectivity index (χ1v) is 7.57. The Balaban J connectivity index is 2.92. The van der Waals surface area contributed by atoms with Gasteiger partial charge in [-0.25, -0.2) is 0 Å². The summed E-state index contributed by atoms with van der Waals surface area (Å²) in [7, 11) is 0. The molecule has 1 N–H and O–H groups in total. The first-order valence-electron chi connectivity index (χ1n) is 6.82. The number of rotatable bonds is 7. The van der Waals surface area contributed by atoms with Crippen LogP contribution in [0.5, 0.6) is 5.75 Å². The van der Waals surface area contributed by atoms with Crippen molar-refractivity contribution in [3.63, 3.8) is 0 Å². The van der Waals surface area contributed by atoms with Crippen LogP contribution in [0.4, 0.5) is 0 Å². The maximum Gasteiger partial charge on any atom is 0.142 e. The fourth-order valence-corrected chi connectivity index (χ4v) is 2.44. The van der Waals surface area contributed by atoms with Crippen LogP contribution in [0.2, 0.25) is 10.0 Å². The summed E-state index contributed by atoms with van der Waals surface area (Å²) in [4.78, 5) is 0. The molecule has 0 bridgehead atoms. The second kappa shape index (κ2) is 7.98. The number of benzene rings is 1. The van der Waals surface area contributed by atoms with E-state index in [0.717, 1.165) is 24.2 Å². The highest BCUT2D eigenvalue weighted by molar-refractivity contribution is 6.35. The first-order chi connectivity index (χ1) is 8.93. The Morgan fingerprint density at radius 3 is 2.47 bits per heavy atom. The van der Waals surface area contributed by atoms with Gasteiger partial charge in [0.15, 0.2) is 0 Å². The third-order valence-electron chi connectivity index (χ3n) is 2.80. The second-order valence-electron chi connectivity index (χ2n) is 5.13. The first kappa shape index (κ1) is 16.6. The van der Waals surface area contributed by atoms with E-state index in [0.29, 0.717) is 22.6 Å². The van der Waals surface area contributed by atoms with E-state index in [2.05, 4.69) is 33.0 Å². The number of hydrogen-bond donors (Lipinski definition) is 1. The topological polar surface area (TPSA) is 21.3 Å². The van der Waals surface area contributed by atoms with Crippen LogP contribution in [0.1, 0.15) is 46.1 Å². The highest BCUT2D eigenvalue weighted by Crippen LogP contribution is 2.33. The molecule has 1 aromatic rings. The lowest BCUT2D eigenvalue weighted by Gasteiger charge is -2.19. The van der Waals surface area contributed by atoms with Gasteiger partial charge in [-0.2, -0.15) is 0 Å². The molecule has 0 saturated heterocycles. The van der Waals surface area contributed by atoms with Crippen molar-refractivity contribution >= 4 is 23.2 Å². The van der Waals surface area contributed by atoms with Crippen molar-refractivity contribution in [2.45, 2.75) is 59.2 Å². The van der Waals surface area contributed by atoms with E-state index < -0.39 is 0 Å². The van der Waals surface area contributed by atoms with Crippen molar-refractivity contribution in [1.29, 1.82) is 0 Å². The van der Waals surface area contributed by atoms with Crippen LogP contribution in [0.3, 0.4) is 0 Å². The molecule has 0 radical (unpaired) electrons. The number of ether oxygens (including phenoxy) is 1. The Bertz CT molecular complexity index is 407. The van der Waals surface area contributed by atoms with E-state index in [4.69, 9.17) is 27.9 Å². The van der Waals surface area contributed by atoms with Gasteiger partial charge in [-0.3, -0.25) is 0 Å². The van der Waals surface area contributed by atoms with E-state index in [9.17, 15) is 0 Å². The van der Waals surface area contributed by atoms with Crippen molar-refractivity contribution < 1.29 is 4.74 Å². The molecule has 4 heteroatoms. The largest absolute Gasteiger partial charge is 0.489 e. The van der Waals surface area contributed by atoms with Crippen LogP contribution >= 0.6 is 23.2 Å². The van der Waals surface area contributed by atoms with Crippen LogP contribution in [0, 0.1) is 0 Å². The van der Waals surface area contributed by atoms with Gasteiger partial charge in [0.2, 0.25) is 0 Å². The molecule has 0 spiro atoms. The maximum atomic E-state index is 6.26. The number of halogens is 2. The summed E-state index contributed by atoms with van der Waals surface area (Å²) < 4.78 is 5.97. The monoisotopic (exact) mass is 303 g/mol. The summed E-state index contributed by atoms with van der Waals surface area (Å²) in [5.74, 6) is 0.750. The fraction of sp³-hybridized carbons (Fsp3) is 0.600. The zero-order valence-electron chi connectivity index (χ0n) is 12.1. The SMILES string of the molecule is CCCC(C)Oc1c(Cl)cc(Cl)cc1CNC(C)C. The highest BCUT2D eigenvalue weighted by Gasteiger charge is 2.14. The second-order valence-corrected chi connectivity index (χ2v) is 5.97. The summed E-state index contributed by atoms with van der Waals surface area (Å²) >= 11 is 12.3. The van der Waals surface area contributed by atoms with Gasteiger partial charge in [0.05, 0.1) is 11.1 Å². The van der Waals surface area contributed by atoms with Crippen LogP contribution in [0.15, 0.2) is 12.1 Å². The predicted octanol–water partition coefficient (Wildman–Crippen LogP) is 5.06. The lowest BCUT2D eigenvalue weighted by Crippen LogP contribution is -2.23. The average Bonchev–Trinajstić information content (AvgIpc) is 2.30. The summed E-state index contributed by atoms with van der Waals surface area (Å²) in [6.45, 7) is 9.11. The summed E-state index contributed by atoms with van der Waals surface area (Å²) in [6, 6.07) is 4.05. The van der Waals surface area contributed by atoms with Gasteiger partial charge in [0.25, 0.3) is 0 Å². The Morgan fingerprint density at radius 1 is 1.21 bits per heavy atom. The van der Waals surface area contributed by atoms with Gasteiger partial charge >= 0.3 is 0 Å². The normalized spacial score (nSPS) is 12.8. The molecular formula is C15H23Cl2NO. The molecule has 1 atom stereocenters. The highest BCUT2D eigenvalue weighted by atomic mass is 35.5. The molecule has 0 saturated carbocycles. The van der Waals surface area contributed by atoms with Crippen molar-refractivity contribution in [2.24, 2.45) is 0 Å². The third kappa shape index (κ3) is 5.60. The van der Waals surface area contributed by atoms with Crippen molar-refractivity contribution in [3.8, 4) is 5.75 Å². The lowest BCUT2D eigenvalue weighted by atomic mass is 10.1. The van der Waals surface area contributed by atoms with E-state index in [-0.39, 0.29) is 6.10 Å². The molecule has 108 valence electrons. The minimum Gasteiger partial charge on any atom is -0.489 e. The van der Waals surface area contributed by atoms with Gasteiger partial charge < -0.3 is 10.1 Å². The smallest absolute Gasteiger partial charge is 0.142 e. The standard InChI is InChI=1S/C15H23Cl2NO/c1-5-6-11(4)19-15-12(9-18-10(2)3)7-13(16)8-14(15)17/h7-8,10-11,18H,5-6,9H2,1-4H3. The number of hydrogen-bond acceptors (Lipinski definition) is 2. The Hall–Kier alpha value is -0.440. The molecule has 1 rings (SSSR count). The molecule has 0 aromatic heterocycles. The average molecular weight is 304 g/mol. The molecule has 2 nitrogen and oxygen atoms in total. The lowest BCUT2D eigenvalue weighted by molar-refractivity contribution is 0.207. The van der Waals surface area contributed by atoms with Crippen LogP contribution < -0.4 is 10.1 Å². The zero-order valence-corrected chi connectivity index (χ0v) is 13.6. The molecule has 0 aliphatic rings. The molecule has 0 aliphatic carbocycles. The molecular weight excluding hydrogens is 281 g/mol. The van der Waals surface area contributed by atoms with Crippen molar-refractivity contribution in [2.75, 3.05) is 0 Å². The third-order valence-corrected chi connectivity index (χ3v) is 3.30. The van der Waals surface area contributed by atoms with Gasteiger partial charge in [-0.05, 0) is 25.5 Å². The predicted molar refractivity (Wildman–Crippen MR) is 83.4 cm³/mol. The number of nitrogens with one attached hydrogen (secondary N) is 1. The zero-order chi connectivity index (χ0) is 14.4. The molecule has 0 aliphatic heterocycles. The van der Waals surface area contributed by atoms with E-state index >= 15 is 0 Å². The van der Waals surface area contributed by atoms with Crippen molar-refractivity contribution in [1.82, 2.24) is 5.32 Å². The summed E-state index contributed by atoms with van der Waals surface area (Å²) in [5.41, 5.74) is 1.01. The van der Waals surface area contributed by atoms with Crippen LogP contribution in [0.25, 0.3) is 0 Å². The minimum absolute atomic E-state index is 0.154. The molecule has 19 heavy (non-hydrogen) atoms. The summed E-state index contributed by atoms with van der Waals surface area (Å²) in [5, 5.41) is 4.58. The minimum atomic E-state index is 0.154. The molecule has 0 fully saturated rings. The fourth-order valence-electron chi connectivity index (χ4n) is 1.86. The summed E-state index contributed by atoms with van der Waals surface area (Å²) in [6.07, 6.45) is 2.25. The molecule has 0 amide bonds. The van der Waals surface area contributed by atoms with E-state index in [1.807, 2.05) is 6.07 Å². The van der Waals surface area contributed by atoms with Gasteiger partial charge in [-0.1, -0.05) is 50.4 Å². The Morgan fingerprint density at radius 2 is 1.89 bits per heavy atom. The van der Waals surface area contributed by atoms with E-state index in [1.165, 1.54) is 0 Å². The molecule has 1 aromatic carbocycles. The quantitative estimate of drug-likeness (QED) is 0.760. The van der Waals surface area contributed by atoms with Gasteiger partial charge in [0, 0.05) is 23.2 Å². The Labute approximate surface area is 126 Å². The molecule has 0 heterocycles. The van der Waals surface area contributed by atoms with Gasteiger partial charge in [0.1, 0.15) is 5.75 Å². The maximum absolute atomic E-state index is 6.26. The molecule has 1 unspecified atom stereocenters. The van der Waals surface area contributed by atoms with Crippen LogP contribution in [-0.2, 0) is 6.54 Å². The van der Waals surface area contributed by atoms with Crippen LogP contribution in [-0.4, -0.2) is 12.1 Å². The van der Waals surface area contributed by atoms with E-state index in [1.54, 1.807) is 6.07 Å². The Kier molecular flexibility index (Phi) is 6.98. The van der Waals surface area contributed by atoms with Gasteiger partial charge in [-0.15, -0.1) is 0 Å².